The molecule has 1 aromatic carbocycles. The average molecular weight is 307 g/mol. The number of ether oxygens (including phenoxy) is 2. The summed E-state index contributed by atoms with van der Waals surface area (Å²) >= 11 is 0. The van der Waals surface area contributed by atoms with Crippen molar-refractivity contribution in [1.29, 1.82) is 0 Å². The molecule has 0 bridgehead atoms. The Morgan fingerprint density at radius 1 is 1.41 bits per heavy atom. The second-order valence-corrected chi connectivity index (χ2v) is 4.51. The number of rotatable bonds is 6. The fourth-order valence-corrected chi connectivity index (χ4v) is 2.01. The minimum Gasteiger partial charge on any atom is -0.497 e. The lowest BCUT2D eigenvalue weighted by atomic mass is 10.1. The van der Waals surface area contributed by atoms with E-state index in [2.05, 4.69) is 15.0 Å². The largest absolute Gasteiger partial charge is 0.497 e. The monoisotopic (exact) mass is 307 g/mol. The Bertz CT molecular complexity index is 656. The van der Waals surface area contributed by atoms with Gasteiger partial charge in [-0.25, -0.2) is 9.48 Å². The van der Waals surface area contributed by atoms with Crippen molar-refractivity contribution in [3.63, 3.8) is 0 Å². The molecule has 0 unspecified atom stereocenters. The minimum atomic E-state index is -0.896. The number of carbonyl (C=O) groups is 1. The van der Waals surface area contributed by atoms with E-state index in [1.54, 1.807) is 24.3 Å². The summed E-state index contributed by atoms with van der Waals surface area (Å²) in [7, 11) is 2.75. The van der Waals surface area contributed by atoms with E-state index >= 15 is 0 Å². The van der Waals surface area contributed by atoms with Gasteiger partial charge in [-0.05, 0) is 17.7 Å². The molecule has 8 nitrogen and oxygen atoms in total. The van der Waals surface area contributed by atoms with Crippen molar-refractivity contribution in [2.75, 3.05) is 14.2 Å². The zero-order valence-electron chi connectivity index (χ0n) is 12.3. The third-order valence-corrected chi connectivity index (χ3v) is 3.19. The van der Waals surface area contributed by atoms with E-state index < -0.39 is 18.7 Å². The lowest BCUT2D eigenvalue weighted by Crippen LogP contribution is -2.14. The summed E-state index contributed by atoms with van der Waals surface area (Å²) < 4.78 is 10.9. The van der Waals surface area contributed by atoms with Gasteiger partial charge in [-0.2, -0.15) is 0 Å². The summed E-state index contributed by atoms with van der Waals surface area (Å²) in [6, 6.07) is 6.96. The van der Waals surface area contributed by atoms with Gasteiger partial charge in [0.25, 0.3) is 0 Å². The third-order valence-electron chi connectivity index (χ3n) is 3.19. The van der Waals surface area contributed by atoms with Crippen LogP contribution in [0.1, 0.15) is 27.8 Å². The highest BCUT2D eigenvalue weighted by Gasteiger charge is 2.21. The number of hydrogen-bond acceptors (Lipinski definition) is 7. The Labute approximate surface area is 126 Å². The fourth-order valence-electron chi connectivity index (χ4n) is 2.01. The fraction of sp³-hybridized carbons (Fsp3) is 0.357. The lowest BCUT2D eigenvalue weighted by molar-refractivity contribution is 0.0589. The molecule has 0 spiro atoms. The maximum Gasteiger partial charge on any atom is 0.360 e. The predicted molar refractivity (Wildman–Crippen MR) is 75.2 cm³/mol. The highest BCUT2D eigenvalue weighted by molar-refractivity contribution is 5.88. The molecule has 1 aromatic heterocycles. The van der Waals surface area contributed by atoms with Crippen molar-refractivity contribution in [1.82, 2.24) is 15.0 Å². The molecule has 0 aliphatic rings. The Morgan fingerprint density at radius 2 is 2.18 bits per heavy atom. The van der Waals surface area contributed by atoms with Crippen LogP contribution in [0, 0.1) is 0 Å². The van der Waals surface area contributed by atoms with Crippen molar-refractivity contribution in [3.8, 4) is 5.75 Å². The highest BCUT2D eigenvalue weighted by atomic mass is 16.5. The van der Waals surface area contributed by atoms with Crippen LogP contribution in [0.3, 0.4) is 0 Å². The number of carbonyl (C=O) groups excluding carboxylic acids is 1. The van der Waals surface area contributed by atoms with E-state index in [4.69, 9.17) is 4.74 Å². The van der Waals surface area contributed by atoms with E-state index in [9.17, 15) is 15.0 Å². The molecule has 22 heavy (non-hydrogen) atoms. The van der Waals surface area contributed by atoms with Crippen molar-refractivity contribution >= 4 is 5.97 Å². The SMILES string of the molecule is COC(=O)c1nnn(C[C@@H](O)c2cccc(OC)c2)c1CO. The second kappa shape index (κ2) is 7.01. The maximum atomic E-state index is 11.5. The van der Waals surface area contributed by atoms with Crippen LogP contribution in [-0.4, -0.2) is 45.4 Å². The van der Waals surface area contributed by atoms with Gasteiger partial charge in [0, 0.05) is 0 Å². The van der Waals surface area contributed by atoms with E-state index in [0.29, 0.717) is 11.3 Å². The van der Waals surface area contributed by atoms with E-state index in [-0.39, 0.29) is 17.9 Å². The number of aliphatic hydroxyl groups excluding tert-OH is 2. The van der Waals surface area contributed by atoms with Crippen molar-refractivity contribution in [2.24, 2.45) is 0 Å². The summed E-state index contributed by atoms with van der Waals surface area (Å²) in [5.74, 6) is -0.0704. The first-order valence-corrected chi connectivity index (χ1v) is 6.54. The number of methoxy groups -OCH3 is 2. The van der Waals surface area contributed by atoms with Gasteiger partial charge >= 0.3 is 5.97 Å². The molecule has 0 saturated heterocycles. The first kappa shape index (κ1) is 15.9. The van der Waals surface area contributed by atoms with Crippen LogP contribution in [0.5, 0.6) is 5.75 Å². The molecule has 1 atom stereocenters. The first-order chi connectivity index (χ1) is 10.6. The Kier molecular flexibility index (Phi) is 5.08. The number of hydrogen-bond donors (Lipinski definition) is 2. The normalized spacial score (nSPS) is 12.0. The van der Waals surface area contributed by atoms with Gasteiger partial charge in [0.15, 0.2) is 5.69 Å². The van der Waals surface area contributed by atoms with Gasteiger partial charge in [0.2, 0.25) is 0 Å². The van der Waals surface area contributed by atoms with Crippen LogP contribution >= 0.6 is 0 Å². The number of benzene rings is 1. The molecule has 0 radical (unpaired) electrons. The van der Waals surface area contributed by atoms with Gasteiger partial charge in [-0.15, -0.1) is 5.10 Å². The molecular weight excluding hydrogens is 290 g/mol. The molecule has 2 aromatic rings. The molecule has 8 heteroatoms. The zero-order valence-corrected chi connectivity index (χ0v) is 12.3. The molecule has 2 rings (SSSR count). The minimum absolute atomic E-state index is 0.0348. The molecule has 1 heterocycles. The topological polar surface area (TPSA) is 107 Å². The number of aliphatic hydroxyl groups is 2. The third kappa shape index (κ3) is 3.23. The average Bonchev–Trinajstić information content (AvgIpc) is 2.96. The smallest absolute Gasteiger partial charge is 0.360 e. The number of nitrogens with zero attached hydrogens (tertiary/aromatic N) is 3. The Morgan fingerprint density at radius 3 is 2.82 bits per heavy atom. The molecule has 0 saturated carbocycles. The summed E-state index contributed by atoms with van der Waals surface area (Å²) in [6.07, 6.45) is -0.896. The highest BCUT2D eigenvalue weighted by Crippen LogP contribution is 2.21. The van der Waals surface area contributed by atoms with Gasteiger partial charge in [-0.3, -0.25) is 0 Å². The van der Waals surface area contributed by atoms with E-state index in [1.165, 1.54) is 18.9 Å². The molecule has 2 N–H and O–H groups in total. The van der Waals surface area contributed by atoms with E-state index in [1.807, 2.05) is 0 Å². The number of esters is 1. The van der Waals surface area contributed by atoms with Crippen LogP contribution in [0.25, 0.3) is 0 Å². The van der Waals surface area contributed by atoms with Crippen LogP contribution in [0.2, 0.25) is 0 Å². The first-order valence-electron chi connectivity index (χ1n) is 6.54. The lowest BCUT2D eigenvalue weighted by Gasteiger charge is -2.13. The summed E-state index contributed by atoms with van der Waals surface area (Å²) in [5.41, 5.74) is 0.745. The molecule has 0 fully saturated rings. The molecule has 0 aliphatic carbocycles. The van der Waals surface area contributed by atoms with Crippen LogP contribution in [0.4, 0.5) is 0 Å². The van der Waals surface area contributed by atoms with Crippen LogP contribution < -0.4 is 4.74 Å². The molecule has 0 aliphatic heterocycles. The maximum absolute atomic E-state index is 11.5. The Hall–Kier alpha value is -2.45. The van der Waals surface area contributed by atoms with Gasteiger partial charge in [0.1, 0.15) is 5.75 Å². The molecule has 0 amide bonds. The van der Waals surface area contributed by atoms with Gasteiger partial charge in [-0.1, -0.05) is 17.3 Å². The number of aromatic nitrogens is 3. The van der Waals surface area contributed by atoms with Crippen LogP contribution in [-0.2, 0) is 17.9 Å². The van der Waals surface area contributed by atoms with Crippen molar-refractivity contribution in [3.05, 3.63) is 41.2 Å². The quantitative estimate of drug-likeness (QED) is 0.739. The van der Waals surface area contributed by atoms with E-state index in [0.717, 1.165) is 0 Å². The van der Waals surface area contributed by atoms with Crippen molar-refractivity contribution in [2.45, 2.75) is 19.3 Å². The standard InChI is InChI=1S/C14H17N3O5/c1-21-10-5-3-4-9(6-10)12(19)7-17-11(8-18)13(15-16-17)14(20)22-2/h3-6,12,18-19H,7-8H2,1-2H3/t12-/m1/s1. The summed E-state index contributed by atoms with van der Waals surface area (Å²) in [4.78, 5) is 11.5. The second-order valence-electron chi connectivity index (χ2n) is 4.51. The predicted octanol–water partition coefficient (Wildman–Crippen LogP) is 0.299. The zero-order chi connectivity index (χ0) is 16.1. The molecule has 118 valence electrons. The molecular formula is C14H17N3O5. The Balaban J connectivity index is 2.22. The van der Waals surface area contributed by atoms with Crippen LogP contribution in [0.15, 0.2) is 24.3 Å². The summed E-state index contributed by atoms with van der Waals surface area (Å²) in [6.45, 7) is -0.407. The summed E-state index contributed by atoms with van der Waals surface area (Å²) in [5, 5.41) is 27.1. The van der Waals surface area contributed by atoms with Crippen molar-refractivity contribution < 1.29 is 24.5 Å². The van der Waals surface area contributed by atoms with Gasteiger partial charge in [0.05, 0.1) is 39.2 Å². The van der Waals surface area contributed by atoms with Gasteiger partial charge < -0.3 is 19.7 Å².